The van der Waals surface area contributed by atoms with E-state index in [4.69, 9.17) is 14.6 Å². The van der Waals surface area contributed by atoms with Crippen molar-refractivity contribution in [3.8, 4) is 5.75 Å². The molecule has 4 aromatic rings. The first-order valence-corrected chi connectivity index (χ1v) is 13.3. The van der Waals surface area contributed by atoms with E-state index in [1.807, 2.05) is 37.3 Å². The van der Waals surface area contributed by atoms with Gasteiger partial charge >= 0.3 is 5.97 Å². The number of aliphatic hydroxyl groups excluding tert-OH is 1. The van der Waals surface area contributed by atoms with E-state index in [0.717, 1.165) is 17.5 Å². The SMILES string of the molecule is C[C@@H](OC[C@H](O)CNC(C)(C)Cc1ccc2ccccc2c1)c1ccccc1OCc1ccc(C(=O)O)cc1. The number of carboxylic acids is 1. The third-order valence-electron chi connectivity index (χ3n) is 6.77. The molecule has 6 nitrogen and oxygen atoms in total. The van der Waals surface area contributed by atoms with Gasteiger partial charge in [0.1, 0.15) is 12.4 Å². The van der Waals surface area contributed by atoms with Crippen molar-refractivity contribution in [3.05, 3.63) is 113 Å². The Morgan fingerprint density at radius 3 is 2.31 bits per heavy atom. The van der Waals surface area contributed by atoms with E-state index in [1.165, 1.54) is 16.3 Å². The Bertz CT molecular complexity index is 1380. The lowest BCUT2D eigenvalue weighted by Crippen LogP contribution is -2.46. The van der Waals surface area contributed by atoms with E-state index in [2.05, 4.69) is 55.6 Å². The van der Waals surface area contributed by atoms with E-state index in [0.29, 0.717) is 18.9 Å². The van der Waals surface area contributed by atoms with Crippen molar-refractivity contribution in [1.82, 2.24) is 5.32 Å². The van der Waals surface area contributed by atoms with Crippen molar-refractivity contribution < 1.29 is 24.5 Å². The van der Waals surface area contributed by atoms with Crippen LogP contribution in [0.4, 0.5) is 0 Å². The highest BCUT2D eigenvalue weighted by Crippen LogP contribution is 2.28. The molecule has 4 aromatic carbocycles. The van der Waals surface area contributed by atoms with Crippen LogP contribution in [0.15, 0.2) is 91.0 Å². The molecule has 2 atom stereocenters. The summed E-state index contributed by atoms with van der Waals surface area (Å²) in [5.74, 6) is -0.263. The fourth-order valence-corrected chi connectivity index (χ4v) is 4.57. The van der Waals surface area contributed by atoms with Gasteiger partial charge in [0.25, 0.3) is 0 Å². The molecule has 0 radical (unpaired) electrons. The summed E-state index contributed by atoms with van der Waals surface area (Å²) >= 11 is 0. The van der Waals surface area contributed by atoms with Gasteiger partial charge in [-0.05, 0) is 67.3 Å². The summed E-state index contributed by atoms with van der Waals surface area (Å²) in [6.07, 6.45) is -0.106. The second-order valence-corrected chi connectivity index (χ2v) is 10.6. The minimum Gasteiger partial charge on any atom is -0.489 e. The van der Waals surface area contributed by atoms with Crippen molar-refractivity contribution in [2.24, 2.45) is 0 Å². The fourth-order valence-electron chi connectivity index (χ4n) is 4.57. The Morgan fingerprint density at radius 2 is 1.56 bits per heavy atom. The van der Waals surface area contributed by atoms with Crippen molar-refractivity contribution in [2.45, 2.75) is 51.5 Å². The van der Waals surface area contributed by atoms with Gasteiger partial charge < -0.3 is 25.0 Å². The van der Waals surface area contributed by atoms with Gasteiger partial charge in [-0.15, -0.1) is 0 Å². The quantitative estimate of drug-likeness (QED) is 0.193. The number of nitrogens with one attached hydrogen (secondary N) is 1. The van der Waals surface area contributed by atoms with Crippen LogP contribution in [0.3, 0.4) is 0 Å². The third-order valence-corrected chi connectivity index (χ3v) is 6.77. The first-order valence-electron chi connectivity index (χ1n) is 13.3. The van der Waals surface area contributed by atoms with Crippen LogP contribution in [-0.2, 0) is 17.8 Å². The molecule has 0 aliphatic carbocycles. The topological polar surface area (TPSA) is 88.0 Å². The summed E-state index contributed by atoms with van der Waals surface area (Å²) in [6.45, 7) is 7.13. The molecular weight excluding hydrogens is 490 g/mol. The number of carbonyl (C=O) groups is 1. The molecule has 0 spiro atoms. The molecule has 4 rings (SSSR count). The lowest BCUT2D eigenvalue weighted by atomic mass is 9.93. The lowest BCUT2D eigenvalue weighted by Gasteiger charge is -2.28. The molecule has 0 fully saturated rings. The fraction of sp³-hybridized carbons (Fsp3) is 0.303. The minimum absolute atomic E-state index is 0.186. The zero-order valence-corrected chi connectivity index (χ0v) is 22.8. The van der Waals surface area contributed by atoms with Crippen molar-refractivity contribution >= 4 is 16.7 Å². The number of β-amino-alcohol motifs (C(OH)–C–C–N with tert-alkyl or cyclic N) is 1. The number of fused-ring (bicyclic) bond motifs is 1. The van der Waals surface area contributed by atoms with E-state index in [9.17, 15) is 9.90 Å². The van der Waals surface area contributed by atoms with E-state index in [-0.39, 0.29) is 23.8 Å². The van der Waals surface area contributed by atoms with Crippen LogP contribution < -0.4 is 10.1 Å². The van der Waals surface area contributed by atoms with Gasteiger partial charge in [0.2, 0.25) is 0 Å². The zero-order chi connectivity index (χ0) is 27.8. The van der Waals surface area contributed by atoms with Crippen LogP contribution in [0.2, 0.25) is 0 Å². The summed E-state index contributed by atoms with van der Waals surface area (Å²) in [5.41, 5.74) is 3.05. The number of benzene rings is 4. The molecule has 204 valence electrons. The molecule has 39 heavy (non-hydrogen) atoms. The highest BCUT2D eigenvalue weighted by Gasteiger charge is 2.20. The summed E-state index contributed by atoms with van der Waals surface area (Å²) in [6, 6.07) is 29.2. The number of aliphatic hydroxyl groups is 1. The Labute approximate surface area is 230 Å². The molecule has 0 aromatic heterocycles. The molecule has 0 amide bonds. The average Bonchev–Trinajstić information content (AvgIpc) is 2.94. The van der Waals surface area contributed by atoms with E-state index < -0.39 is 12.1 Å². The maximum absolute atomic E-state index is 11.1. The predicted molar refractivity (Wildman–Crippen MR) is 154 cm³/mol. The highest BCUT2D eigenvalue weighted by molar-refractivity contribution is 5.87. The van der Waals surface area contributed by atoms with Crippen LogP contribution in [0.1, 0.15) is 53.9 Å². The van der Waals surface area contributed by atoms with E-state index >= 15 is 0 Å². The summed E-state index contributed by atoms with van der Waals surface area (Å²) in [4.78, 5) is 11.1. The zero-order valence-electron chi connectivity index (χ0n) is 22.8. The number of para-hydroxylation sites is 1. The average molecular weight is 528 g/mol. The van der Waals surface area contributed by atoms with Gasteiger partial charge in [-0.3, -0.25) is 0 Å². The van der Waals surface area contributed by atoms with Crippen LogP contribution >= 0.6 is 0 Å². The van der Waals surface area contributed by atoms with Gasteiger partial charge in [0.05, 0.1) is 24.4 Å². The number of hydrogen-bond donors (Lipinski definition) is 3. The molecule has 6 heteroatoms. The first kappa shape index (κ1) is 28.3. The number of carboxylic acid groups (broad SMARTS) is 1. The van der Waals surface area contributed by atoms with Gasteiger partial charge in [-0.25, -0.2) is 4.79 Å². The van der Waals surface area contributed by atoms with Gasteiger partial charge in [0, 0.05) is 17.6 Å². The Balaban J connectivity index is 1.26. The Morgan fingerprint density at radius 1 is 0.897 bits per heavy atom. The molecule has 0 unspecified atom stereocenters. The third kappa shape index (κ3) is 8.14. The summed E-state index contributed by atoms with van der Waals surface area (Å²) < 4.78 is 12.0. The molecule has 0 bridgehead atoms. The largest absolute Gasteiger partial charge is 0.489 e. The second kappa shape index (κ2) is 12.9. The number of rotatable bonds is 13. The highest BCUT2D eigenvalue weighted by atomic mass is 16.5. The van der Waals surface area contributed by atoms with Crippen molar-refractivity contribution in [2.75, 3.05) is 13.2 Å². The molecule has 0 saturated carbocycles. The standard InChI is InChI=1S/C33H37NO5/c1-23(30-10-6-7-11-31(30)39-21-24-12-16-27(17-13-24)32(36)37)38-22-29(35)20-34-33(2,3)19-25-14-15-26-8-4-5-9-28(26)18-25/h4-18,23,29,34-35H,19-22H2,1-3H3,(H,36,37)/t23-,29-/m1/s1. The number of aromatic carboxylic acids is 1. The monoisotopic (exact) mass is 527 g/mol. The summed E-state index contributed by atoms with van der Waals surface area (Å²) in [7, 11) is 0. The predicted octanol–water partition coefficient (Wildman–Crippen LogP) is 6.17. The maximum Gasteiger partial charge on any atom is 0.335 e. The van der Waals surface area contributed by atoms with E-state index in [1.54, 1.807) is 24.3 Å². The molecular formula is C33H37NO5. The Hall–Kier alpha value is -3.71. The Kier molecular flexibility index (Phi) is 9.36. The van der Waals surface area contributed by atoms with Gasteiger partial charge in [-0.1, -0.05) is 72.8 Å². The van der Waals surface area contributed by atoms with Crippen molar-refractivity contribution in [1.29, 1.82) is 0 Å². The van der Waals surface area contributed by atoms with Crippen LogP contribution in [0, 0.1) is 0 Å². The smallest absolute Gasteiger partial charge is 0.335 e. The summed E-state index contributed by atoms with van der Waals surface area (Å²) in [5, 5.41) is 25.7. The molecule has 0 heterocycles. The van der Waals surface area contributed by atoms with Crippen molar-refractivity contribution in [3.63, 3.8) is 0 Å². The van der Waals surface area contributed by atoms with Crippen LogP contribution in [0.5, 0.6) is 5.75 Å². The normalized spacial score (nSPS) is 13.2. The van der Waals surface area contributed by atoms with Crippen LogP contribution in [0.25, 0.3) is 10.8 Å². The van der Waals surface area contributed by atoms with Gasteiger partial charge in [-0.2, -0.15) is 0 Å². The molecule has 3 N–H and O–H groups in total. The second-order valence-electron chi connectivity index (χ2n) is 10.6. The molecule has 0 aliphatic heterocycles. The molecule has 0 aliphatic rings. The molecule has 0 saturated heterocycles. The number of ether oxygens (including phenoxy) is 2. The minimum atomic E-state index is -0.954. The number of hydrogen-bond acceptors (Lipinski definition) is 5. The maximum atomic E-state index is 11.1. The van der Waals surface area contributed by atoms with Gasteiger partial charge in [0.15, 0.2) is 0 Å². The first-order chi connectivity index (χ1) is 18.7. The lowest BCUT2D eigenvalue weighted by molar-refractivity contribution is -0.00520. The van der Waals surface area contributed by atoms with Crippen LogP contribution in [-0.4, -0.2) is 41.0 Å².